The number of carbonyl (C=O) groups excluding carboxylic acids is 1. The van der Waals surface area contributed by atoms with Crippen LogP contribution >= 0.6 is 0 Å². The summed E-state index contributed by atoms with van der Waals surface area (Å²) < 4.78 is 21.6. The summed E-state index contributed by atoms with van der Waals surface area (Å²) in [6.07, 6.45) is 3.64. The van der Waals surface area contributed by atoms with Crippen molar-refractivity contribution in [2.75, 3.05) is 19.7 Å². The lowest BCUT2D eigenvalue weighted by Gasteiger charge is -2.32. The molecule has 1 saturated heterocycles. The predicted molar refractivity (Wildman–Crippen MR) is 96.2 cm³/mol. The van der Waals surface area contributed by atoms with Gasteiger partial charge in [-0.3, -0.25) is 9.36 Å². The van der Waals surface area contributed by atoms with Crippen LogP contribution in [0.5, 0.6) is 5.75 Å². The quantitative estimate of drug-likeness (QED) is 0.801. The number of likely N-dealkylation sites (tertiary alicyclic amines) is 1. The third kappa shape index (κ3) is 3.74. The fourth-order valence-corrected chi connectivity index (χ4v) is 3.60. The Hall–Kier alpha value is -2.64. The first-order chi connectivity index (χ1) is 13.0. The number of halogens is 1. The largest absolute Gasteiger partial charge is 0.484 e. The van der Waals surface area contributed by atoms with E-state index < -0.39 is 0 Å². The molecule has 4 rings (SSSR count). The second-order valence-electron chi connectivity index (χ2n) is 7.26. The molecule has 2 aliphatic rings. The first-order valence-electron chi connectivity index (χ1n) is 9.34. The molecule has 7 nitrogen and oxygen atoms in total. The van der Waals surface area contributed by atoms with Crippen molar-refractivity contribution in [2.45, 2.75) is 37.6 Å². The van der Waals surface area contributed by atoms with Crippen LogP contribution in [0.3, 0.4) is 0 Å². The van der Waals surface area contributed by atoms with Crippen LogP contribution in [0, 0.1) is 5.82 Å². The van der Waals surface area contributed by atoms with E-state index in [1.807, 2.05) is 4.57 Å². The molecular formula is C19H23FN4O3. The maximum atomic E-state index is 12.9. The van der Waals surface area contributed by atoms with E-state index in [4.69, 9.17) is 4.74 Å². The van der Waals surface area contributed by atoms with E-state index >= 15 is 0 Å². The SMILES string of the molecule is Cn1nc(C2CC2)n(C2CCN(C(=O)COc3ccc(F)cc3)CC2)c1=O. The molecular weight excluding hydrogens is 351 g/mol. The molecule has 1 saturated carbocycles. The summed E-state index contributed by atoms with van der Waals surface area (Å²) in [4.78, 5) is 26.6. The molecule has 0 radical (unpaired) electrons. The van der Waals surface area contributed by atoms with Crippen LogP contribution < -0.4 is 10.4 Å². The fraction of sp³-hybridized carbons (Fsp3) is 0.526. The molecule has 144 valence electrons. The highest BCUT2D eigenvalue weighted by Crippen LogP contribution is 2.40. The second-order valence-corrected chi connectivity index (χ2v) is 7.26. The highest BCUT2D eigenvalue weighted by Gasteiger charge is 2.34. The topological polar surface area (TPSA) is 69.4 Å². The molecule has 2 heterocycles. The van der Waals surface area contributed by atoms with Gasteiger partial charge in [0, 0.05) is 32.1 Å². The summed E-state index contributed by atoms with van der Waals surface area (Å²) in [6.45, 7) is 1.10. The Kier molecular flexibility index (Phi) is 4.72. The summed E-state index contributed by atoms with van der Waals surface area (Å²) >= 11 is 0. The number of carbonyl (C=O) groups is 1. The number of aryl methyl sites for hydroxylation is 1. The predicted octanol–water partition coefficient (Wildman–Crippen LogP) is 1.84. The fourth-order valence-electron chi connectivity index (χ4n) is 3.60. The molecule has 0 N–H and O–H groups in total. The molecule has 0 bridgehead atoms. The number of benzene rings is 1. The number of nitrogens with zero attached hydrogens (tertiary/aromatic N) is 4. The van der Waals surface area contributed by atoms with Gasteiger partial charge in [0.1, 0.15) is 17.4 Å². The normalized spacial score (nSPS) is 17.9. The number of hydrogen-bond donors (Lipinski definition) is 0. The van der Waals surface area contributed by atoms with Gasteiger partial charge in [0.05, 0.1) is 0 Å². The van der Waals surface area contributed by atoms with Gasteiger partial charge in [-0.05, 0) is 49.9 Å². The van der Waals surface area contributed by atoms with Gasteiger partial charge < -0.3 is 9.64 Å². The van der Waals surface area contributed by atoms with E-state index in [0.29, 0.717) is 24.8 Å². The van der Waals surface area contributed by atoms with Crippen LogP contribution in [-0.4, -0.2) is 44.9 Å². The van der Waals surface area contributed by atoms with E-state index in [1.54, 1.807) is 11.9 Å². The zero-order valence-electron chi connectivity index (χ0n) is 15.3. The first kappa shape index (κ1) is 17.8. The summed E-state index contributed by atoms with van der Waals surface area (Å²) in [5.74, 6) is 1.33. The van der Waals surface area contributed by atoms with Crippen molar-refractivity contribution in [1.29, 1.82) is 0 Å². The molecule has 0 atom stereocenters. The van der Waals surface area contributed by atoms with Crippen LogP contribution in [0.1, 0.15) is 43.5 Å². The Bertz CT molecular complexity index is 877. The first-order valence-corrected chi connectivity index (χ1v) is 9.34. The molecule has 8 heteroatoms. The minimum Gasteiger partial charge on any atom is -0.484 e. The van der Waals surface area contributed by atoms with E-state index in [9.17, 15) is 14.0 Å². The summed E-state index contributed by atoms with van der Waals surface area (Å²) in [6, 6.07) is 5.69. The number of rotatable bonds is 5. The Balaban J connectivity index is 1.34. The van der Waals surface area contributed by atoms with Crippen LogP contribution in [0.25, 0.3) is 0 Å². The molecule has 2 fully saturated rings. The lowest BCUT2D eigenvalue weighted by Crippen LogP contribution is -2.43. The van der Waals surface area contributed by atoms with Gasteiger partial charge in [-0.15, -0.1) is 0 Å². The smallest absolute Gasteiger partial charge is 0.345 e. The van der Waals surface area contributed by atoms with Crippen molar-refractivity contribution < 1.29 is 13.9 Å². The molecule has 1 aromatic carbocycles. The van der Waals surface area contributed by atoms with Gasteiger partial charge in [-0.1, -0.05) is 0 Å². The van der Waals surface area contributed by atoms with Gasteiger partial charge >= 0.3 is 5.69 Å². The molecule has 1 aromatic heterocycles. The average Bonchev–Trinajstić information content (AvgIpc) is 3.48. The van der Waals surface area contributed by atoms with Gasteiger partial charge in [-0.25, -0.2) is 13.9 Å². The molecule has 27 heavy (non-hydrogen) atoms. The third-order valence-electron chi connectivity index (χ3n) is 5.28. The highest BCUT2D eigenvalue weighted by atomic mass is 19.1. The van der Waals surface area contributed by atoms with Gasteiger partial charge in [0.2, 0.25) is 0 Å². The number of ether oxygens (including phenoxy) is 1. The lowest BCUT2D eigenvalue weighted by molar-refractivity contribution is -0.134. The van der Waals surface area contributed by atoms with Gasteiger partial charge in [0.25, 0.3) is 5.91 Å². The van der Waals surface area contributed by atoms with Crippen molar-refractivity contribution in [3.63, 3.8) is 0 Å². The van der Waals surface area contributed by atoms with Crippen molar-refractivity contribution in [3.8, 4) is 5.75 Å². The number of aromatic nitrogens is 3. The molecule has 1 amide bonds. The number of piperidine rings is 1. The Morgan fingerprint density at radius 3 is 2.48 bits per heavy atom. The molecule has 0 unspecified atom stereocenters. The number of hydrogen-bond acceptors (Lipinski definition) is 4. The van der Waals surface area contributed by atoms with Crippen LogP contribution in [-0.2, 0) is 11.8 Å². The molecule has 1 aliphatic carbocycles. The molecule has 1 aliphatic heterocycles. The van der Waals surface area contributed by atoms with Crippen LogP contribution in [0.4, 0.5) is 4.39 Å². The minimum atomic E-state index is -0.341. The average molecular weight is 374 g/mol. The zero-order chi connectivity index (χ0) is 19.0. The molecule has 2 aromatic rings. The van der Waals surface area contributed by atoms with E-state index in [0.717, 1.165) is 31.5 Å². The zero-order valence-corrected chi connectivity index (χ0v) is 15.3. The second kappa shape index (κ2) is 7.17. The lowest BCUT2D eigenvalue weighted by atomic mass is 10.0. The van der Waals surface area contributed by atoms with Crippen LogP contribution in [0.15, 0.2) is 29.1 Å². The summed E-state index contributed by atoms with van der Waals surface area (Å²) in [5, 5.41) is 4.41. The minimum absolute atomic E-state index is 0.0682. The highest BCUT2D eigenvalue weighted by molar-refractivity contribution is 5.77. The summed E-state index contributed by atoms with van der Waals surface area (Å²) in [7, 11) is 1.69. The van der Waals surface area contributed by atoms with Crippen LogP contribution in [0.2, 0.25) is 0 Å². The van der Waals surface area contributed by atoms with Crippen molar-refractivity contribution in [1.82, 2.24) is 19.2 Å². The maximum Gasteiger partial charge on any atom is 0.345 e. The monoisotopic (exact) mass is 374 g/mol. The number of amides is 1. The third-order valence-corrected chi connectivity index (χ3v) is 5.28. The Labute approximate surface area is 156 Å². The Morgan fingerprint density at radius 1 is 1.19 bits per heavy atom. The maximum absolute atomic E-state index is 12.9. The van der Waals surface area contributed by atoms with Crippen molar-refractivity contribution in [3.05, 3.63) is 46.4 Å². The summed E-state index contributed by atoms with van der Waals surface area (Å²) in [5.41, 5.74) is -0.0682. The van der Waals surface area contributed by atoms with E-state index in [1.165, 1.54) is 28.9 Å². The molecule has 0 spiro atoms. The van der Waals surface area contributed by atoms with Crippen molar-refractivity contribution in [2.24, 2.45) is 7.05 Å². The van der Waals surface area contributed by atoms with Crippen molar-refractivity contribution >= 4 is 5.91 Å². The van der Waals surface area contributed by atoms with E-state index in [2.05, 4.69) is 5.10 Å². The van der Waals surface area contributed by atoms with E-state index in [-0.39, 0.29) is 30.1 Å². The van der Waals surface area contributed by atoms with Gasteiger partial charge in [-0.2, -0.15) is 5.10 Å². The van der Waals surface area contributed by atoms with Gasteiger partial charge in [0.15, 0.2) is 6.61 Å². The Morgan fingerprint density at radius 2 is 1.85 bits per heavy atom. The standard InChI is InChI=1S/C19H23FN4O3/c1-22-19(26)24(18(21-22)13-2-3-13)15-8-10-23(11-9-15)17(25)12-27-16-6-4-14(20)5-7-16/h4-7,13,15H,2-3,8-12H2,1H3.